The number of benzene rings is 2. The lowest BCUT2D eigenvalue weighted by molar-refractivity contribution is -0.384. The smallest absolute Gasteiger partial charge is 0.296 e. The molecule has 0 saturated heterocycles. The van der Waals surface area contributed by atoms with Gasteiger partial charge in [0.05, 0.1) is 10.4 Å². The number of azo groups is 1. The molecule has 0 unspecified atom stereocenters. The summed E-state index contributed by atoms with van der Waals surface area (Å²) in [6, 6.07) is 13.7. The molecule has 0 radical (unpaired) electrons. The first-order valence-corrected chi connectivity index (χ1v) is 9.24. The minimum atomic E-state index is -0.498. The van der Waals surface area contributed by atoms with E-state index in [-0.39, 0.29) is 17.3 Å². The normalized spacial score (nSPS) is 11.7. The van der Waals surface area contributed by atoms with Gasteiger partial charge in [-0.15, -0.1) is 10.2 Å². The number of rotatable bonds is 8. The van der Waals surface area contributed by atoms with Crippen molar-refractivity contribution in [3.05, 3.63) is 58.6 Å². The fraction of sp³-hybridized carbons (Fsp3) is 0.300. The summed E-state index contributed by atoms with van der Waals surface area (Å²) in [5, 5.41) is 30.9. The second-order valence-corrected chi connectivity index (χ2v) is 6.31. The molecule has 0 amide bonds. The second kappa shape index (κ2) is 8.62. The topological polar surface area (TPSA) is 96.3 Å². The van der Waals surface area contributed by atoms with E-state index in [1.807, 2.05) is 24.3 Å². The standard InChI is InChI=1S/C20H23N5O3/c1-3-23(4-2)13-14-24-17-11-7-5-9-15(17)19(20(24)26)22-21-16-10-6-8-12-18(16)25(27)28/h5-12,26H,3-4,13-14H2,1-2H3. The number of aromatic nitrogens is 1. The maximum Gasteiger partial charge on any atom is 0.296 e. The van der Waals surface area contributed by atoms with E-state index in [9.17, 15) is 15.2 Å². The molecule has 3 aromatic rings. The van der Waals surface area contributed by atoms with Gasteiger partial charge in [-0.2, -0.15) is 0 Å². The zero-order chi connectivity index (χ0) is 20.1. The lowest BCUT2D eigenvalue weighted by Gasteiger charge is -2.18. The number of fused-ring (bicyclic) bond motifs is 1. The summed E-state index contributed by atoms with van der Waals surface area (Å²) in [5.41, 5.74) is 1.18. The number of nitro groups is 1. The van der Waals surface area contributed by atoms with E-state index in [2.05, 4.69) is 29.0 Å². The van der Waals surface area contributed by atoms with E-state index in [4.69, 9.17) is 0 Å². The average Bonchev–Trinajstić information content (AvgIpc) is 2.98. The summed E-state index contributed by atoms with van der Waals surface area (Å²) in [4.78, 5) is 12.9. The quantitative estimate of drug-likeness (QED) is 0.337. The minimum absolute atomic E-state index is 0.00990. The molecule has 146 valence electrons. The van der Waals surface area contributed by atoms with E-state index >= 15 is 0 Å². The van der Waals surface area contributed by atoms with Gasteiger partial charge in [0.2, 0.25) is 5.88 Å². The van der Waals surface area contributed by atoms with E-state index in [1.165, 1.54) is 12.1 Å². The molecule has 1 N–H and O–H groups in total. The second-order valence-electron chi connectivity index (χ2n) is 6.31. The summed E-state index contributed by atoms with van der Waals surface area (Å²) in [7, 11) is 0. The largest absolute Gasteiger partial charge is 0.493 e. The van der Waals surface area contributed by atoms with Gasteiger partial charge in [0.15, 0.2) is 11.4 Å². The Balaban J connectivity index is 2.00. The lowest BCUT2D eigenvalue weighted by atomic mass is 10.2. The third-order valence-electron chi connectivity index (χ3n) is 4.79. The molecule has 0 fully saturated rings. The van der Waals surface area contributed by atoms with Crippen LogP contribution in [0.2, 0.25) is 0 Å². The minimum Gasteiger partial charge on any atom is -0.493 e. The van der Waals surface area contributed by atoms with Crippen LogP contribution in [-0.4, -0.2) is 39.1 Å². The highest BCUT2D eigenvalue weighted by Crippen LogP contribution is 2.40. The van der Waals surface area contributed by atoms with E-state index in [0.717, 1.165) is 30.5 Å². The molecule has 3 rings (SSSR count). The predicted octanol–water partition coefficient (Wildman–Crippen LogP) is 5.01. The van der Waals surface area contributed by atoms with Gasteiger partial charge in [-0.3, -0.25) is 10.1 Å². The number of hydrogen-bond acceptors (Lipinski definition) is 6. The van der Waals surface area contributed by atoms with E-state index < -0.39 is 4.92 Å². The van der Waals surface area contributed by atoms with Crippen molar-refractivity contribution in [3.63, 3.8) is 0 Å². The van der Waals surface area contributed by atoms with Gasteiger partial charge in [0, 0.05) is 24.5 Å². The molecule has 8 nitrogen and oxygen atoms in total. The van der Waals surface area contributed by atoms with Crippen molar-refractivity contribution in [2.75, 3.05) is 19.6 Å². The zero-order valence-electron chi connectivity index (χ0n) is 15.9. The number of para-hydroxylation sites is 2. The van der Waals surface area contributed by atoms with Crippen LogP contribution in [0.1, 0.15) is 13.8 Å². The summed E-state index contributed by atoms with van der Waals surface area (Å²) in [5.74, 6) is 0.00990. The molecule has 1 heterocycles. The van der Waals surface area contributed by atoms with Crippen LogP contribution < -0.4 is 0 Å². The highest BCUT2D eigenvalue weighted by molar-refractivity contribution is 5.95. The number of likely N-dealkylation sites (N-methyl/N-ethyl adjacent to an activating group) is 1. The van der Waals surface area contributed by atoms with Crippen LogP contribution in [0.4, 0.5) is 17.1 Å². The van der Waals surface area contributed by atoms with E-state index in [1.54, 1.807) is 16.7 Å². The Morgan fingerprint density at radius 3 is 2.46 bits per heavy atom. The summed E-state index contributed by atoms with van der Waals surface area (Å²) >= 11 is 0. The number of nitrogens with zero attached hydrogens (tertiary/aromatic N) is 5. The monoisotopic (exact) mass is 381 g/mol. The van der Waals surface area contributed by atoms with Gasteiger partial charge in [-0.25, -0.2) is 0 Å². The van der Waals surface area contributed by atoms with Crippen LogP contribution in [0.25, 0.3) is 10.9 Å². The summed E-state index contributed by atoms with van der Waals surface area (Å²) in [6.45, 7) is 7.46. The highest BCUT2D eigenvalue weighted by atomic mass is 16.6. The Labute approximate surface area is 162 Å². The number of aromatic hydroxyl groups is 1. The van der Waals surface area contributed by atoms with Crippen LogP contribution in [0.3, 0.4) is 0 Å². The Morgan fingerprint density at radius 2 is 1.75 bits per heavy atom. The van der Waals surface area contributed by atoms with Crippen molar-refractivity contribution in [1.29, 1.82) is 0 Å². The third-order valence-corrected chi connectivity index (χ3v) is 4.79. The average molecular weight is 381 g/mol. The molecular formula is C20H23N5O3. The van der Waals surface area contributed by atoms with Crippen molar-refractivity contribution in [2.45, 2.75) is 20.4 Å². The molecule has 0 bridgehead atoms. The van der Waals surface area contributed by atoms with Crippen molar-refractivity contribution in [3.8, 4) is 5.88 Å². The van der Waals surface area contributed by atoms with Crippen molar-refractivity contribution in [1.82, 2.24) is 9.47 Å². The molecule has 8 heteroatoms. The fourth-order valence-electron chi connectivity index (χ4n) is 3.18. The summed E-state index contributed by atoms with van der Waals surface area (Å²) < 4.78 is 1.81. The van der Waals surface area contributed by atoms with Crippen LogP contribution in [-0.2, 0) is 6.54 Å². The molecule has 0 aliphatic carbocycles. The molecule has 2 aromatic carbocycles. The van der Waals surface area contributed by atoms with Gasteiger partial charge in [-0.05, 0) is 25.2 Å². The zero-order valence-corrected chi connectivity index (χ0v) is 15.9. The van der Waals surface area contributed by atoms with Gasteiger partial charge in [0.1, 0.15) is 0 Å². The van der Waals surface area contributed by atoms with Gasteiger partial charge < -0.3 is 14.6 Å². The predicted molar refractivity (Wildman–Crippen MR) is 109 cm³/mol. The van der Waals surface area contributed by atoms with E-state index in [0.29, 0.717) is 12.2 Å². The highest BCUT2D eigenvalue weighted by Gasteiger charge is 2.18. The Bertz CT molecular complexity index is 1010. The molecule has 0 aliphatic rings. The molecular weight excluding hydrogens is 358 g/mol. The molecule has 0 atom stereocenters. The maximum absolute atomic E-state index is 11.2. The Hall–Kier alpha value is -3.26. The Kier molecular flexibility index (Phi) is 6.00. The van der Waals surface area contributed by atoms with Crippen LogP contribution in [0, 0.1) is 10.1 Å². The first kappa shape index (κ1) is 19.5. The molecule has 0 aliphatic heterocycles. The molecule has 28 heavy (non-hydrogen) atoms. The molecule has 0 saturated carbocycles. The summed E-state index contributed by atoms with van der Waals surface area (Å²) in [6.07, 6.45) is 0. The Morgan fingerprint density at radius 1 is 1.07 bits per heavy atom. The first-order chi connectivity index (χ1) is 13.6. The van der Waals surface area contributed by atoms with Gasteiger partial charge >= 0.3 is 0 Å². The third kappa shape index (κ3) is 3.86. The van der Waals surface area contributed by atoms with Gasteiger partial charge in [0.25, 0.3) is 5.69 Å². The maximum atomic E-state index is 11.2. The first-order valence-electron chi connectivity index (χ1n) is 9.24. The number of nitro benzene ring substituents is 1. The lowest BCUT2D eigenvalue weighted by Crippen LogP contribution is -2.26. The van der Waals surface area contributed by atoms with Crippen LogP contribution in [0.15, 0.2) is 58.8 Å². The number of hydrogen-bond donors (Lipinski definition) is 1. The fourth-order valence-corrected chi connectivity index (χ4v) is 3.18. The van der Waals surface area contributed by atoms with Crippen LogP contribution >= 0.6 is 0 Å². The van der Waals surface area contributed by atoms with Crippen molar-refractivity contribution in [2.24, 2.45) is 10.2 Å². The molecule has 1 aromatic heterocycles. The van der Waals surface area contributed by atoms with Crippen molar-refractivity contribution < 1.29 is 10.0 Å². The van der Waals surface area contributed by atoms with Crippen LogP contribution in [0.5, 0.6) is 5.88 Å². The SMILES string of the molecule is CCN(CC)CCn1c(O)c(N=Nc2ccccc2[N+](=O)[O-])c2ccccc21. The molecule has 0 spiro atoms. The van der Waals surface area contributed by atoms with Crippen molar-refractivity contribution >= 4 is 28.0 Å². The van der Waals surface area contributed by atoms with Gasteiger partial charge in [-0.1, -0.05) is 44.2 Å².